The number of nitrogens with one attached hydrogen (secondary N) is 1. The molecule has 1 aromatic heterocycles. The molecule has 0 unspecified atom stereocenters. The van der Waals surface area contributed by atoms with E-state index in [-0.39, 0.29) is 5.54 Å². The summed E-state index contributed by atoms with van der Waals surface area (Å²) in [5.74, 6) is 0.971. The standard InChI is InChI=1S/C16H29N3/c1-16(2,3)19-13-15(12-18-19)11-17-10-9-14-7-5-4-6-8-14/h12-14,17H,4-11H2,1-3H3. The van der Waals surface area contributed by atoms with Crippen LogP contribution in [0.25, 0.3) is 0 Å². The topological polar surface area (TPSA) is 29.9 Å². The maximum atomic E-state index is 4.43. The summed E-state index contributed by atoms with van der Waals surface area (Å²) in [5.41, 5.74) is 1.37. The van der Waals surface area contributed by atoms with E-state index < -0.39 is 0 Å². The number of hydrogen-bond acceptors (Lipinski definition) is 2. The highest BCUT2D eigenvalue weighted by Crippen LogP contribution is 2.25. The van der Waals surface area contributed by atoms with Crippen LogP contribution in [-0.2, 0) is 12.1 Å². The van der Waals surface area contributed by atoms with Gasteiger partial charge in [-0.2, -0.15) is 5.10 Å². The summed E-state index contributed by atoms with van der Waals surface area (Å²) < 4.78 is 2.05. The second-order valence-electron chi connectivity index (χ2n) is 6.93. The molecule has 3 heteroatoms. The molecule has 108 valence electrons. The third-order valence-corrected chi connectivity index (χ3v) is 4.11. The van der Waals surface area contributed by atoms with E-state index in [0.29, 0.717) is 0 Å². The third kappa shape index (κ3) is 4.64. The zero-order valence-corrected chi connectivity index (χ0v) is 12.8. The molecule has 1 heterocycles. The van der Waals surface area contributed by atoms with Crippen molar-refractivity contribution < 1.29 is 0 Å². The molecule has 0 aromatic carbocycles. The molecule has 0 aliphatic heterocycles. The van der Waals surface area contributed by atoms with Gasteiger partial charge in [0.2, 0.25) is 0 Å². The Bertz CT molecular complexity index is 370. The van der Waals surface area contributed by atoms with Crippen molar-refractivity contribution in [3.63, 3.8) is 0 Å². The molecule has 1 aliphatic carbocycles. The van der Waals surface area contributed by atoms with E-state index in [1.165, 1.54) is 44.1 Å². The first-order valence-electron chi connectivity index (χ1n) is 7.80. The Morgan fingerprint density at radius 3 is 2.63 bits per heavy atom. The second-order valence-corrected chi connectivity index (χ2v) is 6.93. The van der Waals surface area contributed by atoms with Crippen molar-refractivity contribution in [3.05, 3.63) is 18.0 Å². The van der Waals surface area contributed by atoms with Crippen LogP contribution >= 0.6 is 0 Å². The number of aromatic nitrogens is 2. The summed E-state index contributed by atoms with van der Waals surface area (Å²) in [6.45, 7) is 8.63. The molecule has 0 amide bonds. The lowest BCUT2D eigenvalue weighted by Gasteiger charge is -2.21. The van der Waals surface area contributed by atoms with Gasteiger partial charge in [-0.3, -0.25) is 4.68 Å². The van der Waals surface area contributed by atoms with Crippen molar-refractivity contribution >= 4 is 0 Å². The normalized spacial score (nSPS) is 17.8. The summed E-state index contributed by atoms with van der Waals surface area (Å²) in [5, 5.41) is 7.99. The Kier molecular flexibility index (Phi) is 5.03. The van der Waals surface area contributed by atoms with Crippen LogP contribution in [0.5, 0.6) is 0 Å². The fourth-order valence-corrected chi connectivity index (χ4v) is 2.83. The van der Waals surface area contributed by atoms with Crippen molar-refractivity contribution in [2.45, 2.75) is 71.4 Å². The third-order valence-electron chi connectivity index (χ3n) is 4.11. The van der Waals surface area contributed by atoms with Gasteiger partial charge in [0.1, 0.15) is 0 Å². The average molecular weight is 263 g/mol. The van der Waals surface area contributed by atoms with Gasteiger partial charge in [-0.15, -0.1) is 0 Å². The van der Waals surface area contributed by atoms with E-state index in [1.807, 2.05) is 10.9 Å². The summed E-state index contributed by atoms with van der Waals surface area (Å²) in [6, 6.07) is 0. The van der Waals surface area contributed by atoms with E-state index in [4.69, 9.17) is 0 Å². The highest BCUT2D eigenvalue weighted by molar-refractivity contribution is 5.04. The van der Waals surface area contributed by atoms with Gasteiger partial charge in [0.25, 0.3) is 0 Å². The molecule has 3 nitrogen and oxygen atoms in total. The van der Waals surface area contributed by atoms with Crippen LogP contribution in [-0.4, -0.2) is 16.3 Å². The fourth-order valence-electron chi connectivity index (χ4n) is 2.83. The van der Waals surface area contributed by atoms with Crippen molar-refractivity contribution in [1.29, 1.82) is 0 Å². The average Bonchev–Trinajstić information content (AvgIpc) is 2.85. The summed E-state index contributed by atoms with van der Waals surface area (Å²) in [6.07, 6.45) is 12.7. The van der Waals surface area contributed by atoms with Gasteiger partial charge in [0.05, 0.1) is 11.7 Å². The van der Waals surface area contributed by atoms with Crippen molar-refractivity contribution in [1.82, 2.24) is 15.1 Å². The van der Waals surface area contributed by atoms with E-state index in [9.17, 15) is 0 Å². The first-order valence-corrected chi connectivity index (χ1v) is 7.80. The van der Waals surface area contributed by atoms with Crippen LogP contribution in [0.2, 0.25) is 0 Å². The maximum absolute atomic E-state index is 4.43. The quantitative estimate of drug-likeness (QED) is 0.821. The monoisotopic (exact) mass is 263 g/mol. The van der Waals surface area contributed by atoms with Gasteiger partial charge in [0.15, 0.2) is 0 Å². The Morgan fingerprint density at radius 2 is 2.00 bits per heavy atom. The van der Waals surface area contributed by atoms with Crippen LogP contribution in [0, 0.1) is 5.92 Å². The maximum Gasteiger partial charge on any atom is 0.0543 e. The molecule has 0 saturated heterocycles. The molecule has 1 aliphatic rings. The molecule has 1 aromatic rings. The molecule has 2 rings (SSSR count). The second kappa shape index (κ2) is 6.56. The summed E-state index contributed by atoms with van der Waals surface area (Å²) in [7, 11) is 0. The molecular formula is C16H29N3. The van der Waals surface area contributed by atoms with Crippen molar-refractivity contribution in [2.75, 3.05) is 6.54 Å². The van der Waals surface area contributed by atoms with E-state index in [1.54, 1.807) is 0 Å². The Labute approximate surface area is 117 Å². The van der Waals surface area contributed by atoms with E-state index in [2.05, 4.69) is 37.4 Å². The molecule has 1 saturated carbocycles. The van der Waals surface area contributed by atoms with Crippen molar-refractivity contribution in [2.24, 2.45) is 5.92 Å². The van der Waals surface area contributed by atoms with Crippen molar-refractivity contribution in [3.8, 4) is 0 Å². The highest BCUT2D eigenvalue weighted by Gasteiger charge is 2.14. The minimum Gasteiger partial charge on any atom is -0.313 e. The van der Waals surface area contributed by atoms with Crippen LogP contribution in [0.3, 0.4) is 0 Å². The highest BCUT2D eigenvalue weighted by atomic mass is 15.3. The lowest BCUT2D eigenvalue weighted by molar-refractivity contribution is 0.333. The smallest absolute Gasteiger partial charge is 0.0543 e. The lowest BCUT2D eigenvalue weighted by Crippen LogP contribution is -2.22. The van der Waals surface area contributed by atoms with Gasteiger partial charge in [-0.05, 0) is 39.7 Å². The molecule has 1 N–H and O–H groups in total. The zero-order valence-electron chi connectivity index (χ0n) is 12.8. The van der Waals surface area contributed by atoms with Crippen LogP contribution in [0.4, 0.5) is 0 Å². The van der Waals surface area contributed by atoms with Crippen LogP contribution < -0.4 is 5.32 Å². The number of rotatable bonds is 5. The Balaban J connectivity index is 1.66. The molecule has 1 fully saturated rings. The van der Waals surface area contributed by atoms with E-state index in [0.717, 1.165) is 19.0 Å². The molecular weight excluding hydrogens is 234 g/mol. The largest absolute Gasteiger partial charge is 0.313 e. The first-order chi connectivity index (χ1) is 9.05. The Morgan fingerprint density at radius 1 is 1.26 bits per heavy atom. The molecule has 0 radical (unpaired) electrons. The summed E-state index contributed by atoms with van der Waals surface area (Å²) >= 11 is 0. The van der Waals surface area contributed by atoms with Gasteiger partial charge in [-0.25, -0.2) is 0 Å². The first kappa shape index (κ1) is 14.6. The summed E-state index contributed by atoms with van der Waals surface area (Å²) in [4.78, 5) is 0. The van der Waals surface area contributed by atoms with Crippen LogP contribution in [0.1, 0.15) is 64.9 Å². The predicted molar refractivity (Wildman–Crippen MR) is 80.1 cm³/mol. The zero-order chi connectivity index (χ0) is 13.7. The van der Waals surface area contributed by atoms with Gasteiger partial charge >= 0.3 is 0 Å². The molecule has 0 bridgehead atoms. The SMILES string of the molecule is CC(C)(C)n1cc(CNCCC2CCCCC2)cn1. The minimum atomic E-state index is 0.0837. The van der Waals surface area contributed by atoms with Gasteiger partial charge in [0, 0.05) is 18.3 Å². The molecule has 19 heavy (non-hydrogen) atoms. The minimum absolute atomic E-state index is 0.0837. The van der Waals surface area contributed by atoms with Gasteiger partial charge < -0.3 is 5.32 Å². The number of nitrogens with zero attached hydrogens (tertiary/aromatic N) is 2. The Hall–Kier alpha value is -0.830. The van der Waals surface area contributed by atoms with E-state index >= 15 is 0 Å². The fraction of sp³-hybridized carbons (Fsp3) is 0.812. The lowest BCUT2D eigenvalue weighted by atomic mass is 9.87. The van der Waals surface area contributed by atoms with Gasteiger partial charge in [-0.1, -0.05) is 32.1 Å². The number of hydrogen-bond donors (Lipinski definition) is 1. The van der Waals surface area contributed by atoms with Crippen LogP contribution in [0.15, 0.2) is 12.4 Å². The molecule has 0 atom stereocenters. The predicted octanol–water partition coefficient (Wildman–Crippen LogP) is 3.70. The molecule has 0 spiro atoms.